The minimum absolute atomic E-state index is 1.05. The zero-order valence-electron chi connectivity index (χ0n) is 7.04. The maximum atomic E-state index is 4.27. The molecular formula is C8H13N3. The van der Waals surface area contributed by atoms with E-state index >= 15 is 0 Å². The van der Waals surface area contributed by atoms with Gasteiger partial charge >= 0.3 is 0 Å². The maximum absolute atomic E-state index is 4.27. The van der Waals surface area contributed by atoms with Crippen LogP contribution in [-0.4, -0.2) is 28.0 Å². The van der Waals surface area contributed by atoms with Crippen molar-refractivity contribution in [3.05, 3.63) is 17.7 Å². The SMILES string of the molecule is Cc1ncn2c1CN(C)CC2. The standard InChI is InChI=1S/C8H13N3/c1-7-8-5-10(2)3-4-11(8)6-9-7/h6H,3-5H2,1-2H3. The first-order chi connectivity index (χ1) is 5.27. The summed E-state index contributed by atoms with van der Waals surface area (Å²) in [6.07, 6.45) is 1.94. The van der Waals surface area contributed by atoms with Gasteiger partial charge in [0.15, 0.2) is 0 Å². The Balaban J connectivity index is 2.37. The largest absolute Gasteiger partial charge is 0.332 e. The summed E-state index contributed by atoms with van der Waals surface area (Å²) in [5.41, 5.74) is 2.55. The van der Waals surface area contributed by atoms with Gasteiger partial charge in [0.2, 0.25) is 0 Å². The summed E-state index contributed by atoms with van der Waals surface area (Å²) < 4.78 is 2.25. The van der Waals surface area contributed by atoms with Crippen molar-refractivity contribution in [1.29, 1.82) is 0 Å². The summed E-state index contributed by atoms with van der Waals surface area (Å²) in [5.74, 6) is 0. The van der Waals surface area contributed by atoms with Gasteiger partial charge in [0, 0.05) is 19.6 Å². The van der Waals surface area contributed by atoms with Gasteiger partial charge in [-0.25, -0.2) is 4.98 Å². The van der Waals surface area contributed by atoms with Crippen LogP contribution in [0.5, 0.6) is 0 Å². The molecule has 0 aliphatic carbocycles. The van der Waals surface area contributed by atoms with Crippen LogP contribution in [-0.2, 0) is 13.1 Å². The lowest BCUT2D eigenvalue weighted by atomic mass is 10.3. The first-order valence-electron chi connectivity index (χ1n) is 3.96. The van der Waals surface area contributed by atoms with E-state index in [1.165, 1.54) is 11.4 Å². The average molecular weight is 151 g/mol. The number of fused-ring (bicyclic) bond motifs is 1. The first-order valence-corrected chi connectivity index (χ1v) is 3.96. The molecule has 0 bridgehead atoms. The van der Waals surface area contributed by atoms with Crippen LogP contribution < -0.4 is 0 Å². The van der Waals surface area contributed by atoms with E-state index in [1.807, 2.05) is 6.33 Å². The lowest BCUT2D eigenvalue weighted by Gasteiger charge is -2.24. The molecule has 2 heterocycles. The Morgan fingerprint density at radius 3 is 3.09 bits per heavy atom. The van der Waals surface area contributed by atoms with Crippen molar-refractivity contribution in [1.82, 2.24) is 14.5 Å². The van der Waals surface area contributed by atoms with Crippen LogP contribution in [0.15, 0.2) is 6.33 Å². The highest BCUT2D eigenvalue weighted by molar-refractivity contribution is 5.12. The fraction of sp³-hybridized carbons (Fsp3) is 0.625. The number of rotatable bonds is 0. The highest BCUT2D eigenvalue weighted by atomic mass is 15.2. The molecule has 1 aromatic rings. The number of hydrogen-bond donors (Lipinski definition) is 0. The first kappa shape index (κ1) is 6.85. The Kier molecular flexibility index (Phi) is 1.46. The molecule has 0 fully saturated rings. The van der Waals surface area contributed by atoms with Gasteiger partial charge in [0.25, 0.3) is 0 Å². The van der Waals surface area contributed by atoms with E-state index < -0.39 is 0 Å². The smallest absolute Gasteiger partial charge is 0.0952 e. The monoisotopic (exact) mass is 151 g/mol. The van der Waals surface area contributed by atoms with Crippen LogP contribution in [0.3, 0.4) is 0 Å². The second-order valence-corrected chi connectivity index (χ2v) is 3.21. The fourth-order valence-electron chi connectivity index (χ4n) is 1.52. The van der Waals surface area contributed by atoms with Gasteiger partial charge < -0.3 is 4.57 Å². The van der Waals surface area contributed by atoms with Crippen LogP contribution in [0.25, 0.3) is 0 Å². The lowest BCUT2D eigenvalue weighted by Crippen LogP contribution is -2.30. The average Bonchev–Trinajstić information content (AvgIpc) is 2.33. The van der Waals surface area contributed by atoms with Gasteiger partial charge in [-0.3, -0.25) is 4.90 Å². The van der Waals surface area contributed by atoms with Crippen LogP contribution in [0.1, 0.15) is 11.4 Å². The summed E-state index contributed by atoms with van der Waals surface area (Å²) >= 11 is 0. The zero-order chi connectivity index (χ0) is 7.84. The summed E-state index contributed by atoms with van der Waals surface area (Å²) in [5, 5.41) is 0. The summed E-state index contributed by atoms with van der Waals surface area (Å²) in [7, 11) is 2.15. The van der Waals surface area contributed by atoms with Crippen molar-refractivity contribution in [3.63, 3.8) is 0 Å². The number of aromatic nitrogens is 2. The van der Waals surface area contributed by atoms with E-state index in [0.29, 0.717) is 0 Å². The Hall–Kier alpha value is -0.830. The molecule has 2 rings (SSSR count). The topological polar surface area (TPSA) is 21.1 Å². The summed E-state index contributed by atoms with van der Waals surface area (Å²) in [4.78, 5) is 6.59. The third-order valence-corrected chi connectivity index (χ3v) is 2.30. The number of likely N-dealkylation sites (N-methyl/N-ethyl adjacent to an activating group) is 1. The molecule has 1 aliphatic heterocycles. The van der Waals surface area contributed by atoms with Gasteiger partial charge in [-0.15, -0.1) is 0 Å². The Morgan fingerprint density at radius 2 is 2.27 bits per heavy atom. The van der Waals surface area contributed by atoms with Crippen LogP contribution in [0.4, 0.5) is 0 Å². The maximum Gasteiger partial charge on any atom is 0.0952 e. The molecule has 1 aromatic heterocycles. The number of nitrogens with zero attached hydrogens (tertiary/aromatic N) is 3. The predicted octanol–water partition coefficient (Wildman–Crippen LogP) is 0.637. The van der Waals surface area contributed by atoms with Crippen molar-refractivity contribution in [2.24, 2.45) is 0 Å². The fourth-order valence-corrected chi connectivity index (χ4v) is 1.52. The quantitative estimate of drug-likeness (QED) is 0.542. The molecule has 0 unspecified atom stereocenters. The summed E-state index contributed by atoms with van der Waals surface area (Å²) in [6, 6.07) is 0. The van der Waals surface area contributed by atoms with Crippen LogP contribution in [0, 0.1) is 6.92 Å². The molecule has 0 amide bonds. The molecule has 11 heavy (non-hydrogen) atoms. The lowest BCUT2D eigenvalue weighted by molar-refractivity contribution is 0.269. The van der Waals surface area contributed by atoms with Crippen molar-refractivity contribution >= 4 is 0 Å². The Morgan fingerprint density at radius 1 is 1.45 bits per heavy atom. The minimum atomic E-state index is 1.05. The van der Waals surface area contributed by atoms with E-state index in [4.69, 9.17) is 0 Å². The zero-order valence-corrected chi connectivity index (χ0v) is 7.04. The molecule has 3 nitrogen and oxygen atoms in total. The van der Waals surface area contributed by atoms with E-state index in [2.05, 4.69) is 28.4 Å². The second kappa shape index (κ2) is 2.34. The van der Waals surface area contributed by atoms with Gasteiger partial charge in [-0.2, -0.15) is 0 Å². The van der Waals surface area contributed by atoms with E-state index in [1.54, 1.807) is 0 Å². The highest BCUT2D eigenvalue weighted by Crippen LogP contribution is 2.13. The third-order valence-electron chi connectivity index (χ3n) is 2.30. The van der Waals surface area contributed by atoms with E-state index in [0.717, 1.165) is 19.6 Å². The molecule has 0 radical (unpaired) electrons. The van der Waals surface area contributed by atoms with E-state index in [9.17, 15) is 0 Å². The molecule has 0 aromatic carbocycles. The van der Waals surface area contributed by atoms with Gasteiger partial charge in [0.05, 0.1) is 17.7 Å². The van der Waals surface area contributed by atoms with Gasteiger partial charge in [0.1, 0.15) is 0 Å². The van der Waals surface area contributed by atoms with Crippen LogP contribution >= 0.6 is 0 Å². The normalized spacial score (nSPS) is 18.4. The Labute approximate surface area is 66.6 Å². The molecule has 60 valence electrons. The molecule has 0 spiro atoms. The van der Waals surface area contributed by atoms with Crippen molar-refractivity contribution in [3.8, 4) is 0 Å². The number of aryl methyl sites for hydroxylation is 1. The molecule has 0 N–H and O–H groups in total. The van der Waals surface area contributed by atoms with Gasteiger partial charge in [-0.1, -0.05) is 0 Å². The minimum Gasteiger partial charge on any atom is -0.332 e. The number of imidazole rings is 1. The third kappa shape index (κ3) is 1.05. The van der Waals surface area contributed by atoms with Gasteiger partial charge in [-0.05, 0) is 14.0 Å². The van der Waals surface area contributed by atoms with E-state index in [-0.39, 0.29) is 0 Å². The predicted molar refractivity (Wildman–Crippen MR) is 43.3 cm³/mol. The molecule has 0 atom stereocenters. The number of hydrogen-bond acceptors (Lipinski definition) is 2. The van der Waals surface area contributed by atoms with Crippen molar-refractivity contribution < 1.29 is 0 Å². The molecule has 0 saturated carbocycles. The summed E-state index contributed by atoms with van der Waals surface area (Å²) in [6.45, 7) is 5.35. The highest BCUT2D eigenvalue weighted by Gasteiger charge is 2.14. The molecular weight excluding hydrogens is 138 g/mol. The molecule has 0 saturated heterocycles. The molecule has 3 heteroatoms. The van der Waals surface area contributed by atoms with Crippen molar-refractivity contribution in [2.75, 3.05) is 13.6 Å². The van der Waals surface area contributed by atoms with Crippen LogP contribution in [0.2, 0.25) is 0 Å². The van der Waals surface area contributed by atoms with Crippen molar-refractivity contribution in [2.45, 2.75) is 20.0 Å². The molecule has 1 aliphatic rings. The Bertz CT molecular complexity index is 264. The second-order valence-electron chi connectivity index (χ2n) is 3.21.